The number of nitrogens with one attached hydrogen (secondary N) is 4. The lowest BCUT2D eigenvalue weighted by Gasteiger charge is -2.36. The zero-order chi connectivity index (χ0) is 72.2. The van der Waals surface area contributed by atoms with E-state index in [1.165, 1.54) is 16.7 Å². The van der Waals surface area contributed by atoms with Crippen LogP contribution in [-0.4, -0.2) is 236 Å². The summed E-state index contributed by atoms with van der Waals surface area (Å²) in [5.41, 5.74) is 9.43. The predicted octanol–water partition coefficient (Wildman–Crippen LogP) is 4.45. The Kier molecular flexibility index (Phi) is 24.0. The van der Waals surface area contributed by atoms with Crippen LogP contribution in [-0.2, 0) is 49.7 Å². The van der Waals surface area contributed by atoms with E-state index < -0.39 is 89.3 Å². The molecule has 5 heterocycles. The van der Waals surface area contributed by atoms with Crippen LogP contribution < -0.4 is 36.8 Å². The molecule has 0 aliphatic carbocycles. The largest absolute Gasteiger partial charge is 0.445 e. The van der Waals surface area contributed by atoms with Gasteiger partial charge in [0.2, 0.25) is 23.6 Å². The molecule has 101 heavy (non-hydrogen) atoms. The number of hydrogen-bond acceptors (Lipinski definition) is 19. The number of imide groups is 3. The van der Waals surface area contributed by atoms with Crippen LogP contribution in [0.5, 0.6) is 0 Å². The highest BCUT2D eigenvalue weighted by Crippen LogP contribution is 2.38. The van der Waals surface area contributed by atoms with Crippen LogP contribution in [0, 0.1) is 5.92 Å². The van der Waals surface area contributed by atoms with Gasteiger partial charge < -0.3 is 66.0 Å². The number of benzene rings is 5. The summed E-state index contributed by atoms with van der Waals surface area (Å²) in [6.45, 7) is 10.7. The molecule has 5 aromatic carbocycles. The van der Waals surface area contributed by atoms with Crippen LogP contribution in [0.25, 0.3) is 21.5 Å². The Morgan fingerprint density at radius 1 is 0.564 bits per heavy atom. The molecule has 13 amide bonds. The molecule has 6 N–H and O–H groups in total. The highest BCUT2D eigenvalue weighted by molar-refractivity contribution is 6.28. The fraction of sp³-hybridized carbons (Fsp3) is 0.458. The van der Waals surface area contributed by atoms with Crippen LogP contribution in [0.4, 0.5) is 26.7 Å². The Morgan fingerprint density at radius 3 is 1.58 bits per heavy atom. The number of nitrogens with zero attached hydrogens (tertiary/aromatic N) is 9. The van der Waals surface area contributed by atoms with Gasteiger partial charge in [0.25, 0.3) is 35.4 Å². The molecule has 536 valence electrons. The number of ether oxygens (including phenoxy) is 1. The van der Waals surface area contributed by atoms with Crippen LogP contribution in [0.1, 0.15) is 126 Å². The summed E-state index contributed by atoms with van der Waals surface area (Å²) in [5.74, 6) is -6.62. The average Bonchev–Trinajstić information content (AvgIpc) is 1.07. The van der Waals surface area contributed by atoms with E-state index in [4.69, 9.17) is 15.3 Å². The smallest absolute Gasteiger partial charge is 0.410 e. The summed E-state index contributed by atoms with van der Waals surface area (Å²) < 4.78 is 5.91. The highest BCUT2D eigenvalue weighted by atomic mass is 16.7. The summed E-state index contributed by atoms with van der Waals surface area (Å²) in [5, 5.41) is 13.9. The molecule has 3 saturated heterocycles. The molecule has 29 heteroatoms. The lowest BCUT2D eigenvalue weighted by Crippen LogP contribution is -2.54. The first kappa shape index (κ1) is 73.2. The molecule has 0 bridgehead atoms. The number of carbonyl (C=O) groups is 13. The number of nitrogens with two attached hydrogens (primary N) is 1. The molecule has 2 atom stereocenters. The maximum absolute atomic E-state index is 14.5. The van der Waals surface area contributed by atoms with E-state index in [2.05, 4.69) is 55.0 Å². The molecular weight excluding hydrogens is 1300 g/mol. The number of carbonyl (C=O) groups excluding carboxylic acids is 13. The van der Waals surface area contributed by atoms with Crippen molar-refractivity contribution in [1.82, 2.24) is 50.4 Å². The molecule has 1 unspecified atom stereocenters. The lowest BCUT2D eigenvalue weighted by atomic mass is 9.92. The van der Waals surface area contributed by atoms with Gasteiger partial charge in [-0.15, -0.1) is 5.06 Å². The summed E-state index contributed by atoms with van der Waals surface area (Å²) in [4.78, 5) is 193. The Bertz CT molecular complexity index is 3980. The van der Waals surface area contributed by atoms with Crippen LogP contribution in [0.3, 0.4) is 0 Å². The SMILES string of the molecule is CC(=O)N(CCCN(CCN1C(=O)c2cccc3c(N4CCN(C)CC4)ccc(c23)C1=O)C(=O)OCc1ccc(NC(=O)[C@H](CCCNC(N)=O)NC(=O)C(NC(=O)CCCCC(=O)ON2C(=O)CCC2=O)C(C)C)cc1)CCN1C(=O)c2cccc3c(N4CCN(C)CC4)ccc(c23)C1=O. The number of likely N-dealkylation sites (N-methyl/N-ethyl adjacent to an activating group) is 2. The van der Waals surface area contributed by atoms with E-state index in [0.717, 1.165) is 84.3 Å². The molecule has 3 fully saturated rings. The zero-order valence-electron chi connectivity index (χ0n) is 57.7. The van der Waals surface area contributed by atoms with Gasteiger partial charge in [-0.25, -0.2) is 14.4 Å². The number of hydroxylamine groups is 2. The van der Waals surface area contributed by atoms with Crippen molar-refractivity contribution in [2.24, 2.45) is 11.7 Å². The number of rotatable bonds is 30. The van der Waals surface area contributed by atoms with Gasteiger partial charge in [-0.3, -0.25) is 57.7 Å². The van der Waals surface area contributed by atoms with Crippen LogP contribution in [0.2, 0.25) is 0 Å². The second-order valence-corrected chi connectivity index (χ2v) is 26.4. The number of primary amides is 1. The first-order chi connectivity index (χ1) is 48.4. The summed E-state index contributed by atoms with van der Waals surface area (Å²) in [6.07, 6.45) is -0.350. The maximum atomic E-state index is 14.5. The van der Waals surface area contributed by atoms with Crippen molar-refractivity contribution in [3.8, 4) is 0 Å². The first-order valence-electron chi connectivity index (χ1n) is 34.4. The van der Waals surface area contributed by atoms with Gasteiger partial charge in [-0.2, -0.15) is 0 Å². The Labute approximate surface area is 584 Å². The van der Waals surface area contributed by atoms with Crippen molar-refractivity contribution < 1.29 is 71.9 Å². The molecule has 5 aromatic rings. The van der Waals surface area contributed by atoms with Crippen LogP contribution in [0.15, 0.2) is 84.9 Å². The summed E-state index contributed by atoms with van der Waals surface area (Å²) >= 11 is 0. The second-order valence-electron chi connectivity index (χ2n) is 26.4. The van der Waals surface area contributed by atoms with E-state index in [-0.39, 0.29) is 116 Å². The number of unbranched alkanes of at least 4 members (excludes halogenated alkanes) is 1. The van der Waals surface area contributed by atoms with Gasteiger partial charge in [0.15, 0.2) is 0 Å². The third kappa shape index (κ3) is 17.5. The molecule has 0 aromatic heterocycles. The minimum absolute atomic E-state index is 0.0113. The molecule has 0 radical (unpaired) electrons. The van der Waals surface area contributed by atoms with Gasteiger partial charge in [0.1, 0.15) is 18.7 Å². The normalized spacial score (nSPS) is 16.2. The molecule has 0 saturated carbocycles. The van der Waals surface area contributed by atoms with Gasteiger partial charge >= 0.3 is 18.1 Å². The molecular formula is C72H88N14O15. The van der Waals surface area contributed by atoms with Crippen LogP contribution >= 0.6 is 0 Å². The van der Waals surface area contributed by atoms with E-state index in [1.54, 1.807) is 68.4 Å². The number of amides is 13. The van der Waals surface area contributed by atoms with E-state index in [1.807, 2.05) is 30.3 Å². The van der Waals surface area contributed by atoms with E-state index in [0.29, 0.717) is 49.3 Å². The lowest BCUT2D eigenvalue weighted by molar-refractivity contribution is -0.197. The van der Waals surface area contributed by atoms with Gasteiger partial charge in [0, 0.05) is 192 Å². The van der Waals surface area contributed by atoms with Crippen molar-refractivity contribution in [2.45, 2.75) is 97.2 Å². The number of hydrogen-bond donors (Lipinski definition) is 5. The standard InChI is InChI=1S/C72H88N14O15/c1-45(2)64(77-58(88)17-6-7-18-61(91)101-86-59(89)27-28-60(86)90)66(93)76-55(16-10-29-74-71(73)98)65(92)75-48-21-19-47(20-22-48)44-100-72(99)83(41-43-85-68(95)52-15-9-13-50-57(82-38-34-79(5)35-39-82)26-24-54(63(50)52)70(85)97)31-11-30-80(46(3)87)40-42-84-67(94)51-14-8-12-49-56(81-36-32-78(4)33-37-81)25-23-53(62(49)51)69(84)96/h8-9,12-15,19-26,45,55,64H,6-7,10-11,16-18,27-44H2,1-5H3,(H,75,92)(H,76,93)(H,77,88)(H3,73,74,98)/t55-,64?/m0/s1. The van der Waals surface area contributed by atoms with Crippen molar-refractivity contribution >= 4 is 116 Å². The quantitative estimate of drug-likeness (QED) is 0.0313. The Morgan fingerprint density at radius 2 is 1.07 bits per heavy atom. The molecule has 29 nitrogen and oxygen atoms in total. The van der Waals surface area contributed by atoms with E-state index in [9.17, 15) is 62.3 Å². The molecule has 5 aliphatic heterocycles. The van der Waals surface area contributed by atoms with Gasteiger partial charge in [0.05, 0.1) is 0 Å². The molecule has 5 aliphatic rings. The summed E-state index contributed by atoms with van der Waals surface area (Å²) in [7, 11) is 4.14. The fourth-order valence-electron chi connectivity index (χ4n) is 13.3. The third-order valence-electron chi connectivity index (χ3n) is 19.1. The third-order valence-corrected chi connectivity index (χ3v) is 19.1. The number of urea groups is 1. The Hall–Kier alpha value is -10.6. The second kappa shape index (κ2) is 33.1. The maximum Gasteiger partial charge on any atom is 0.410 e. The van der Waals surface area contributed by atoms with Gasteiger partial charge in [-0.05, 0) is 106 Å². The zero-order valence-corrected chi connectivity index (χ0v) is 57.7. The minimum atomic E-state index is -1.18. The monoisotopic (exact) mass is 1390 g/mol. The fourth-order valence-corrected chi connectivity index (χ4v) is 13.3. The first-order valence-corrected chi connectivity index (χ1v) is 34.4. The predicted molar refractivity (Wildman–Crippen MR) is 373 cm³/mol. The molecule has 0 spiro atoms. The number of anilines is 3. The Balaban J connectivity index is 0.783. The highest BCUT2D eigenvalue weighted by Gasteiger charge is 2.38. The minimum Gasteiger partial charge on any atom is -0.445 e. The average molecular weight is 1390 g/mol. The van der Waals surface area contributed by atoms with E-state index >= 15 is 0 Å². The number of piperazine rings is 2. The van der Waals surface area contributed by atoms with Crippen molar-refractivity contribution in [3.63, 3.8) is 0 Å². The summed E-state index contributed by atoms with van der Waals surface area (Å²) in [6, 6.07) is 21.5. The van der Waals surface area contributed by atoms with Crippen molar-refractivity contribution in [1.29, 1.82) is 0 Å². The molecule has 10 rings (SSSR count). The van der Waals surface area contributed by atoms with Gasteiger partial charge in [-0.1, -0.05) is 50.2 Å². The topological polar surface area (TPSA) is 344 Å². The van der Waals surface area contributed by atoms with Crippen molar-refractivity contribution in [2.75, 3.05) is 127 Å². The van der Waals surface area contributed by atoms with Crippen molar-refractivity contribution in [3.05, 3.63) is 113 Å².